The fourth-order valence-electron chi connectivity index (χ4n) is 1.89. The average Bonchev–Trinajstić information content (AvgIpc) is 2.93. The van der Waals surface area contributed by atoms with Gasteiger partial charge in [0.1, 0.15) is 4.88 Å². The molecule has 1 amide bonds. The van der Waals surface area contributed by atoms with Gasteiger partial charge >= 0.3 is 5.97 Å². The number of carbonyl (C=O) groups is 2. The first-order chi connectivity index (χ1) is 11.0. The minimum absolute atomic E-state index is 0.301. The van der Waals surface area contributed by atoms with Crippen LogP contribution in [0.3, 0.4) is 0 Å². The number of aryl methyl sites for hydroxylation is 1. The SMILES string of the molecule is Cc1ccsc1C(=O)OCC(=O)NCCc1ccc(Cl)cc1Cl. The molecular formula is C16H15Cl2NO3S. The molecule has 1 aromatic carbocycles. The number of benzene rings is 1. The summed E-state index contributed by atoms with van der Waals surface area (Å²) in [5.74, 6) is -0.828. The van der Waals surface area contributed by atoms with E-state index in [4.69, 9.17) is 27.9 Å². The van der Waals surface area contributed by atoms with Gasteiger partial charge in [0, 0.05) is 16.6 Å². The molecule has 0 aliphatic carbocycles. The van der Waals surface area contributed by atoms with E-state index in [-0.39, 0.29) is 12.5 Å². The zero-order valence-corrected chi connectivity index (χ0v) is 14.7. The average molecular weight is 372 g/mol. The molecule has 1 N–H and O–H groups in total. The smallest absolute Gasteiger partial charge is 0.349 e. The van der Waals surface area contributed by atoms with Crippen LogP contribution in [0.25, 0.3) is 0 Å². The minimum atomic E-state index is -0.478. The Balaban J connectivity index is 1.73. The Kier molecular flexibility index (Phi) is 6.45. The molecule has 0 radical (unpaired) electrons. The van der Waals surface area contributed by atoms with Crippen LogP contribution < -0.4 is 5.32 Å². The summed E-state index contributed by atoms with van der Waals surface area (Å²) in [5, 5.41) is 5.62. The van der Waals surface area contributed by atoms with Crippen LogP contribution in [0, 0.1) is 6.92 Å². The van der Waals surface area contributed by atoms with Crippen LogP contribution in [0.5, 0.6) is 0 Å². The van der Waals surface area contributed by atoms with Gasteiger partial charge in [-0.1, -0.05) is 29.3 Å². The first-order valence-corrected chi connectivity index (χ1v) is 8.53. The summed E-state index contributed by atoms with van der Waals surface area (Å²) >= 11 is 13.2. The quantitative estimate of drug-likeness (QED) is 0.783. The molecule has 0 unspecified atom stereocenters. The molecule has 0 saturated carbocycles. The van der Waals surface area contributed by atoms with Gasteiger partial charge in [0.05, 0.1) is 0 Å². The van der Waals surface area contributed by atoms with E-state index in [1.807, 2.05) is 24.4 Å². The van der Waals surface area contributed by atoms with Gasteiger partial charge < -0.3 is 10.1 Å². The second kappa shape index (κ2) is 8.34. The predicted molar refractivity (Wildman–Crippen MR) is 92.5 cm³/mol. The summed E-state index contributed by atoms with van der Waals surface area (Å²) in [6, 6.07) is 7.05. The lowest BCUT2D eigenvalue weighted by Gasteiger charge is -2.08. The van der Waals surface area contributed by atoms with E-state index in [2.05, 4.69) is 5.32 Å². The normalized spacial score (nSPS) is 10.4. The fourth-order valence-corrected chi connectivity index (χ4v) is 3.21. The number of hydrogen-bond acceptors (Lipinski definition) is 4. The highest BCUT2D eigenvalue weighted by molar-refractivity contribution is 7.12. The van der Waals surface area contributed by atoms with Gasteiger partial charge in [0.15, 0.2) is 6.61 Å². The van der Waals surface area contributed by atoms with Crippen LogP contribution >= 0.6 is 34.5 Å². The number of halogens is 2. The second-order valence-corrected chi connectivity index (χ2v) is 6.60. The van der Waals surface area contributed by atoms with E-state index in [0.29, 0.717) is 27.9 Å². The third kappa shape index (κ3) is 5.23. The fraction of sp³-hybridized carbons (Fsp3) is 0.250. The molecule has 2 rings (SSSR count). The van der Waals surface area contributed by atoms with Crippen molar-refractivity contribution in [2.24, 2.45) is 0 Å². The molecule has 0 atom stereocenters. The number of thiophene rings is 1. The van der Waals surface area contributed by atoms with Gasteiger partial charge in [-0.05, 0) is 48.1 Å². The lowest BCUT2D eigenvalue weighted by molar-refractivity contribution is -0.124. The summed E-state index contributed by atoms with van der Waals surface area (Å²) in [4.78, 5) is 24.0. The van der Waals surface area contributed by atoms with Crippen molar-refractivity contribution in [3.8, 4) is 0 Å². The van der Waals surface area contributed by atoms with Crippen LogP contribution in [0.1, 0.15) is 20.8 Å². The Labute approximate surface area is 148 Å². The number of ether oxygens (including phenoxy) is 1. The highest BCUT2D eigenvalue weighted by atomic mass is 35.5. The first-order valence-electron chi connectivity index (χ1n) is 6.89. The van der Waals surface area contributed by atoms with E-state index in [1.54, 1.807) is 12.1 Å². The van der Waals surface area contributed by atoms with Gasteiger partial charge in [-0.15, -0.1) is 11.3 Å². The van der Waals surface area contributed by atoms with Crippen LogP contribution in [0.15, 0.2) is 29.6 Å². The molecule has 4 nitrogen and oxygen atoms in total. The van der Waals surface area contributed by atoms with Gasteiger partial charge in [0.25, 0.3) is 5.91 Å². The molecule has 2 aromatic rings. The molecule has 0 aliphatic heterocycles. The van der Waals surface area contributed by atoms with E-state index < -0.39 is 5.97 Å². The molecule has 122 valence electrons. The van der Waals surface area contributed by atoms with Crippen molar-refractivity contribution < 1.29 is 14.3 Å². The van der Waals surface area contributed by atoms with Crippen LogP contribution in [-0.2, 0) is 16.0 Å². The van der Waals surface area contributed by atoms with Crippen molar-refractivity contribution in [2.45, 2.75) is 13.3 Å². The van der Waals surface area contributed by atoms with Crippen LogP contribution in [-0.4, -0.2) is 25.0 Å². The lowest BCUT2D eigenvalue weighted by atomic mass is 10.1. The number of hydrogen-bond donors (Lipinski definition) is 1. The Morgan fingerprint density at radius 3 is 2.70 bits per heavy atom. The number of rotatable bonds is 6. The predicted octanol–water partition coefficient (Wildman–Crippen LogP) is 3.88. The van der Waals surface area contributed by atoms with E-state index in [1.165, 1.54) is 11.3 Å². The molecule has 0 spiro atoms. The van der Waals surface area contributed by atoms with Crippen molar-refractivity contribution in [3.05, 3.63) is 55.7 Å². The van der Waals surface area contributed by atoms with Gasteiger partial charge in [0.2, 0.25) is 0 Å². The molecule has 23 heavy (non-hydrogen) atoms. The first kappa shape index (κ1) is 17.8. The number of amides is 1. The number of esters is 1. The minimum Gasteiger partial charge on any atom is -0.451 e. The van der Waals surface area contributed by atoms with E-state index >= 15 is 0 Å². The Bertz CT molecular complexity index is 715. The van der Waals surface area contributed by atoms with Crippen molar-refractivity contribution >= 4 is 46.4 Å². The highest BCUT2D eigenvalue weighted by Crippen LogP contribution is 2.21. The Morgan fingerprint density at radius 2 is 2.04 bits per heavy atom. The molecule has 1 aromatic heterocycles. The monoisotopic (exact) mass is 371 g/mol. The topological polar surface area (TPSA) is 55.4 Å². The molecule has 1 heterocycles. The Morgan fingerprint density at radius 1 is 1.26 bits per heavy atom. The molecule has 0 fully saturated rings. The third-order valence-corrected chi connectivity index (χ3v) is 4.70. The van der Waals surface area contributed by atoms with Crippen LogP contribution in [0.4, 0.5) is 0 Å². The maximum absolute atomic E-state index is 11.8. The summed E-state index contributed by atoms with van der Waals surface area (Å²) in [6.07, 6.45) is 0.569. The highest BCUT2D eigenvalue weighted by Gasteiger charge is 2.13. The van der Waals surface area contributed by atoms with Gasteiger partial charge in [-0.25, -0.2) is 4.79 Å². The maximum atomic E-state index is 11.8. The molecule has 0 bridgehead atoms. The van der Waals surface area contributed by atoms with Crippen LogP contribution in [0.2, 0.25) is 10.0 Å². The van der Waals surface area contributed by atoms with Gasteiger partial charge in [-0.3, -0.25) is 4.79 Å². The van der Waals surface area contributed by atoms with E-state index in [9.17, 15) is 9.59 Å². The molecular weight excluding hydrogens is 357 g/mol. The number of carbonyl (C=O) groups excluding carboxylic acids is 2. The summed E-state index contributed by atoms with van der Waals surface area (Å²) in [6.45, 7) is 1.92. The van der Waals surface area contributed by atoms with Crippen molar-refractivity contribution in [1.82, 2.24) is 5.32 Å². The van der Waals surface area contributed by atoms with Crippen molar-refractivity contribution in [2.75, 3.05) is 13.2 Å². The molecule has 0 saturated heterocycles. The number of nitrogens with one attached hydrogen (secondary N) is 1. The lowest BCUT2D eigenvalue weighted by Crippen LogP contribution is -2.30. The van der Waals surface area contributed by atoms with Crippen molar-refractivity contribution in [3.63, 3.8) is 0 Å². The zero-order chi connectivity index (χ0) is 16.8. The summed E-state index contributed by atoms with van der Waals surface area (Å²) in [7, 11) is 0. The molecule has 0 aliphatic rings. The van der Waals surface area contributed by atoms with Gasteiger partial charge in [-0.2, -0.15) is 0 Å². The third-order valence-electron chi connectivity index (χ3n) is 3.11. The zero-order valence-electron chi connectivity index (χ0n) is 12.4. The molecule has 7 heteroatoms. The summed E-state index contributed by atoms with van der Waals surface area (Å²) in [5.41, 5.74) is 1.74. The van der Waals surface area contributed by atoms with E-state index in [0.717, 1.165) is 11.1 Å². The second-order valence-electron chi connectivity index (χ2n) is 4.84. The standard InChI is InChI=1S/C16H15Cl2NO3S/c1-10-5-7-23-15(10)16(21)22-9-14(20)19-6-4-11-2-3-12(17)8-13(11)18/h2-3,5,7-8H,4,6,9H2,1H3,(H,19,20). The largest absolute Gasteiger partial charge is 0.451 e. The van der Waals surface area contributed by atoms with Crippen molar-refractivity contribution in [1.29, 1.82) is 0 Å². The Hall–Kier alpha value is -1.56. The maximum Gasteiger partial charge on any atom is 0.349 e. The summed E-state index contributed by atoms with van der Waals surface area (Å²) < 4.78 is 4.99.